The number of nitrogens with one attached hydrogen (secondary N) is 1. The molecule has 0 bridgehead atoms. The van der Waals surface area contributed by atoms with Gasteiger partial charge >= 0.3 is 0 Å². The van der Waals surface area contributed by atoms with Crippen molar-refractivity contribution >= 4 is 5.91 Å². The molecule has 3 rings (SSSR count). The van der Waals surface area contributed by atoms with Crippen LogP contribution < -0.4 is 5.32 Å². The van der Waals surface area contributed by atoms with E-state index < -0.39 is 0 Å². The fraction of sp³-hybridized carbons (Fsp3) is 0.600. The van der Waals surface area contributed by atoms with Gasteiger partial charge < -0.3 is 9.73 Å². The van der Waals surface area contributed by atoms with Gasteiger partial charge in [0.05, 0.1) is 24.4 Å². The molecule has 1 saturated heterocycles. The molecule has 142 valence electrons. The number of nitrogens with zero attached hydrogens (tertiary/aromatic N) is 3. The van der Waals surface area contributed by atoms with Crippen LogP contribution in [0.1, 0.15) is 48.9 Å². The van der Waals surface area contributed by atoms with Gasteiger partial charge in [0.2, 0.25) is 5.91 Å². The van der Waals surface area contributed by atoms with Crippen molar-refractivity contribution in [1.82, 2.24) is 20.0 Å². The molecule has 2 aromatic heterocycles. The smallest absolute Gasteiger partial charge is 0.224 e. The summed E-state index contributed by atoms with van der Waals surface area (Å²) in [6.45, 7) is 10.3. The lowest BCUT2D eigenvalue weighted by Gasteiger charge is -2.31. The van der Waals surface area contributed by atoms with Crippen LogP contribution in [0.15, 0.2) is 22.8 Å². The number of hydrogen-bond acceptors (Lipinski definition) is 4. The molecule has 6 heteroatoms. The molecule has 1 aliphatic heterocycles. The molecule has 2 aromatic rings. The zero-order valence-electron chi connectivity index (χ0n) is 16.1. The van der Waals surface area contributed by atoms with Gasteiger partial charge in [0.15, 0.2) is 0 Å². The molecule has 0 spiro atoms. The first-order chi connectivity index (χ1) is 12.6. The predicted octanol–water partition coefficient (Wildman–Crippen LogP) is 3.03. The standard InChI is InChI=1S/C20H30N4O2/c1-4-9-24-16(3)19(15(2)22-24)12-21-20(25)17-7-5-10-23(13-17)14-18-8-6-11-26-18/h6,8,11,17H,4-5,7,9-10,12-14H2,1-3H3,(H,21,25). The Balaban J connectivity index is 1.54. The highest BCUT2D eigenvalue weighted by Crippen LogP contribution is 2.20. The molecular weight excluding hydrogens is 328 g/mol. The minimum atomic E-state index is 0.0463. The van der Waals surface area contributed by atoms with Crippen molar-refractivity contribution in [2.45, 2.75) is 59.7 Å². The fourth-order valence-corrected chi connectivity index (χ4v) is 3.78. The van der Waals surface area contributed by atoms with Gasteiger partial charge in [-0.05, 0) is 51.8 Å². The van der Waals surface area contributed by atoms with Crippen molar-refractivity contribution in [2.24, 2.45) is 5.92 Å². The highest BCUT2D eigenvalue weighted by molar-refractivity contribution is 5.79. The lowest BCUT2D eigenvalue weighted by Crippen LogP contribution is -2.42. The summed E-state index contributed by atoms with van der Waals surface area (Å²) in [7, 11) is 0. The van der Waals surface area contributed by atoms with Crippen LogP contribution in [0.3, 0.4) is 0 Å². The number of piperidine rings is 1. The summed E-state index contributed by atoms with van der Waals surface area (Å²) in [5, 5.41) is 7.73. The molecule has 1 N–H and O–H groups in total. The van der Waals surface area contributed by atoms with Gasteiger partial charge in [-0.15, -0.1) is 0 Å². The first-order valence-electron chi connectivity index (χ1n) is 9.63. The molecule has 3 heterocycles. The second-order valence-corrected chi connectivity index (χ2v) is 7.24. The van der Waals surface area contributed by atoms with Crippen molar-refractivity contribution in [3.8, 4) is 0 Å². The zero-order chi connectivity index (χ0) is 18.5. The predicted molar refractivity (Wildman–Crippen MR) is 101 cm³/mol. The van der Waals surface area contributed by atoms with E-state index in [4.69, 9.17) is 4.42 Å². The molecule has 0 aromatic carbocycles. The van der Waals surface area contributed by atoms with Crippen molar-refractivity contribution in [2.75, 3.05) is 13.1 Å². The Kier molecular flexibility index (Phi) is 6.14. The summed E-state index contributed by atoms with van der Waals surface area (Å²) < 4.78 is 7.48. The minimum absolute atomic E-state index is 0.0463. The van der Waals surface area contributed by atoms with E-state index in [0.29, 0.717) is 6.54 Å². The third-order valence-corrected chi connectivity index (χ3v) is 5.24. The maximum atomic E-state index is 12.7. The van der Waals surface area contributed by atoms with Crippen LogP contribution in [0.4, 0.5) is 0 Å². The number of amides is 1. The summed E-state index contributed by atoms with van der Waals surface area (Å²) in [5.74, 6) is 1.15. The Morgan fingerprint density at radius 2 is 2.27 bits per heavy atom. The summed E-state index contributed by atoms with van der Waals surface area (Å²) in [4.78, 5) is 15.0. The number of aryl methyl sites for hydroxylation is 2. The molecule has 1 atom stereocenters. The van der Waals surface area contributed by atoms with E-state index in [1.54, 1.807) is 6.26 Å². The molecule has 26 heavy (non-hydrogen) atoms. The van der Waals surface area contributed by atoms with Gasteiger partial charge in [-0.1, -0.05) is 6.92 Å². The summed E-state index contributed by atoms with van der Waals surface area (Å²) in [6.07, 6.45) is 4.76. The quantitative estimate of drug-likeness (QED) is 0.826. The Bertz CT molecular complexity index is 721. The summed E-state index contributed by atoms with van der Waals surface area (Å²) >= 11 is 0. The van der Waals surface area contributed by atoms with Crippen LogP contribution in [-0.2, 0) is 24.4 Å². The largest absolute Gasteiger partial charge is 0.468 e. The topological polar surface area (TPSA) is 63.3 Å². The molecule has 1 fully saturated rings. The van der Waals surface area contributed by atoms with Crippen LogP contribution in [0.25, 0.3) is 0 Å². The van der Waals surface area contributed by atoms with Gasteiger partial charge in [-0.3, -0.25) is 14.4 Å². The van der Waals surface area contributed by atoms with E-state index in [-0.39, 0.29) is 11.8 Å². The van der Waals surface area contributed by atoms with Gasteiger partial charge in [-0.25, -0.2) is 0 Å². The van der Waals surface area contributed by atoms with E-state index in [2.05, 4.69) is 29.2 Å². The van der Waals surface area contributed by atoms with Gasteiger partial charge in [0.1, 0.15) is 5.76 Å². The van der Waals surface area contributed by atoms with Crippen molar-refractivity contribution in [1.29, 1.82) is 0 Å². The first-order valence-corrected chi connectivity index (χ1v) is 9.63. The average molecular weight is 358 g/mol. The van der Waals surface area contributed by atoms with Crippen LogP contribution in [0, 0.1) is 19.8 Å². The van der Waals surface area contributed by atoms with Crippen LogP contribution in [-0.4, -0.2) is 33.7 Å². The van der Waals surface area contributed by atoms with Crippen molar-refractivity contribution in [3.05, 3.63) is 41.1 Å². The van der Waals surface area contributed by atoms with E-state index >= 15 is 0 Å². The van der Waals surface area contributed by atoms with E-state index in [0.717, 1.165) is 68.2 Å². The minimum Gasteiger partial charge on any atom is -0.468 e. The highest BCUT2D eigenvalue weighted by Gasteiger charge is 2.26. The van der Waals surface area contributed by atoms with E-state index in [1.807, 2.05) is 23.7 Å². The molecule has 1 aliphatic rings. The Morgan fingerprint density at radius 3 is 3.00 bits per heavy atom. The van der Waals surface area contributed by atoms with Crippen molar-refractivity contribution in [3.63, 3.8) is 0 Å². The first kappa shape index (κ1) is 18.7. The van der Waals surface area contributed by atoms with E-state index in [9.17, 15) is 4.79 Å². The maximum absolute atomic E-state index is 12.7. The van der Waals surface area contributed by atoms with Gasteiger partial charge in [0.25, 0.3) is 0 Å². The Hall–Kier alpha value is -2.08. The monoisotopic (exact) mass is 358 g/mol. The maximum Gasteiger partial charge on any atom is 0.224 e. The number of aromatic nitrogens is 2. The SMILES string of the molecule is CCCn1nc(C)c(CNC(=O)C2CCCN(Cc3ccco3)C2)c1C. The number of hydrogen-bond donors (Lipinski definition) is 1. The third kappa shape index (κ3) is 4.36. The highest BCUT2D eigenvalue weighted by atomic mass is 16.3. The second kappa shape index (κ2) is 8.54. The third-order valence-electron chi connectivity index (χ3n) is 5.24. The lowest BCUT2D eigenvalue weighted by molar-refractivity contribution is -0.127. The Labute approximate surface area is 155 Å². The summed E-state index contributed by atoms with van der Waals surface area (Å²) in [6, 6.07) is 3.90. The van der Waals surface area contributed by atoms with Crippen LogP contribution in [0.2, 0.25) is 0 Å². The molecule has 0 saturated carbocycles. The molecule has 1 unspecified atom stereocenters. The summed E-state index contributed by atoms with van der Waals surface area (Å²) in [5.41, 5.74) is 3.32. The molecular formula is C20H30N4O2. The number of rotatable bonds is 7. The van der Waals surface area contributed by atoms with Gasteiger partial charge in [0, 0.05) is 30.9 Å². The number of carbonyl (C=O) groups is 1. The molecule has 1 amide bonds. The van der Waals surface area contributed by atoms with Crippen LogP contribution in [0.5, 0.6) is 0 Å². The number of furan rings is 1. The molecule has 0 aliphatic carbocycles. The number of carbonyl (C=O) groups excluding carboxylic acids is 1. The zero-order valence-corrected chi connectivity index (χ0v) is 16.1. The number of likely N-dealkylation sites (tertiary alicyclic amines) is 1. The van der Waals surface area contributed by atoms with Gasteiger partial charge in [-0.2, -0.15) is 5.10 Å². The normalized spacial score (nSPS) is 18.2. The average Bonchev–Trinajstić information content (AvgIpc) is 3.22. The Morgan fingerprint density at radius 1 is 1.42 bits per heavy atom. The fourth-order valence-electron chi connectivity index (χ4n) is 3.78. The van der Waals surface area contributed by atoms with E-state index in [1.165, 1.54) is 0 Å². The lowest BCUT2D eigenvalue weighted by atomic mass is 9.97. The molecule has 0 radical (unpaired) electrons. The second-order valence-electron chi connectivity index (χ2n) is 7.24. The van der Waals surface area contributed by atoms with Crippen LogP contribution >= 0.6 is 0 Å². The molecule has 6 nitrogen and oxygen atoms in total. The van der Waals surface area contributed by atoms with Crippen molar-refractivity contribution < 1.29 is 9.21 Å².